The molecule has 32 heavy (non-hydrogen) atoms. The van der Waals surface area contributed by atoms with E-state index in [9.17, 15) is 9.90 Å². The summed E-state index contributed by atoms with van der Waals surface area (Å²) in [4.78, 5) is 15.3. The van der Waals surface area contributed by atoms with Crippen molar-refractivity contribution in [1.82, 2.24) is 4.90 Å². The van der Waals surface area contributed by atoms with Gasteiger partial charge in [-0.15, -0.1) is 0 Å². The number of aliphatic hydroxyl groups excluding tert-OH is 1. The maximum atomic E-state index is 13.1. The van der Waals surface area contributed by atoms with Crippen molar-refractivity contribution in [3.63, 3.8) is 0 Å². The first-order valence-electron chi connectivity index (χ1n) is 11.6. The zero-order valence-corrected chi connectivity index (χ0v) is 19.1. The quantitative estimate of drug-likeness (QED) is 0.543. The van der Waals surface area contributed by atoms with Crippen LogP contribution in [-0.4, -0.2) is 36.0 Å². The van der Waals surface area contributed by atoms with Crippen LogP contribution in [0.3, 0.4) is 0 Å². The van der Waals surface area contributed by atoms with Gasteiger partial charge in [-0.1, -0.05) is 78.9 Å². The van der Waals surface area contributed by atoms with Crippen molar-refractivity contribution in [2.45, 2.75) is 44.2 Å². The fourth-order valence-electron chi connectivity index (χ4n) is 4.84. The molecule has 0 aliphatic heterocycles. The van der Waals surface area contributed by atoms with Crippen molar-refractivity contribution >= 4 is 5.78 Å². The number of rotatable bonds is 7. The number of hydrogen-bond acceptors (Lipinski definition) is 3. The third kappa shape index (κ3) is 5.53. The Morgan fingerprint density at radius 1 is 0.844 bits per heavy atom. The van der Waals surface area contributed by atoms with Gasteiger partial charge in [0.05, 0.1) is 6.10 Å². The maximum absolute atomic E-state index is 13.1. The molecule has 3 unspecified atom stereocenters. The van der Waals surface area contributed by atoms with Gasteiger partial charge in [-0.3, -0.25) is 4.79 Å². The van der Waals surface area contributed by atoms with Crippen molar-refractivity contribution in [2.75, 3.05) is 14.1 Å². The van der Waals surface area contributed by atoms with E-state index >= 15 is 0 Å². The summed E-state index contributed by atoms with van der Waals surface area (Å²) in [6.07, 6.45) is 2.20. The van der Waals surface area contributed by atoms with Gasteiger partial charge in [0.15, 0.2) is 0 Å². The average molecular weight is 428 g/mol. The molecule has 0 bridgehead atoms. The molecule has 3 nitrogen and oxygen atoms in total. The highest BCUT2D eigenvalue weighted by atomic mass is 16.3. The molecule has 3 aromatic carbocycles. The van der Waals surface area contributed by atoms with E-state index in [0.29, 0.717) is 18.8 Å². The number of nitrogens with zero attached hydrogens (tertiary/aromatic N) is 1. The van der Waals surface area contributed by atoms with Gasteiger partial charge in [0.25, 0.3) is 0 Å². The lowest BCUT2D eigenvalue weighted by atomic mass is 9.74. The van der Waals surface area contributed by atoms with Crippen LogP contribution in [0.15, 0.2) is 78.9 Å². The maximum Gasteiger partial charge on any atom is 0.142 e. The first-order chi connectivity index (χ1) is 15.5. The van der Waals surface area contributed by atoms with E-state index < -0.39 is 6.10 Å². The largest absolute Gasteiger partial charge is 0.392 e. The van der Waals surface area contributed by atoms with Gasteiger partial charge in [-0.25, -0.2) is 0 Å². The molecule has 0 saturated heterocycles. The highest BCUT2D eigenvalue weighted by Crippen LogP contribution is 2.37. The number of Topliss-reactive ketones (excluding diaryl/α,β-unsaturated/α-hetero) is 1. The lowest BCUT2D eigenvalue weighted by Crippen LogP contribution is -2.35. The van der Waals surface area contributed by atoms with Gasteiger partial charge in [-0.2, -0.15) is 0 Å². The predicted molar refractivity (Wildman–Crippen MR) is 131 cm³/mol. The number of aliphatic hydroxyl groups is 1. The first-order valence-corrected chi connectivity index (χ1v) is 11.6. The van der Waals surface area contributed by atoms with E-state index in [1.807, 2.05) is 30.3 Å². The number of carbonyl (C=O) groups is 1. The number of hydrogen-bond donors (Lipinski definition) is 1. The molecule has 1 aliphatic rings. The van der Waals surface area contributed by atoms with Gasteiger partial charge in [-0.05, 0) is 67.1 Å². The minimum absolute atomic E-state index is 0.152. The second-order valence-electron chi connectivity index (χ2n) is 9.37. The summed E-state index contributed by atoms with van der Waals surface area (Å²) in [5, 5.41) is 10.6. The molecule has 1 saturated carbocycles. The van der Waals surface area contributed by atoms with Crippen LogP contribution in [0, 0.1) is 5.92 Å². The van der Waals surface area contributed by atoms with Gasteiger partial charge in [0, 0.05) is 18.9 Å². The minimum atomic E-state index is -0.532. The van der Waals surface area contributed by atoms with Gasteiger partial charge in [0.1, 0.15) is 5.78 Å². The summed E-state index contributed by atoms with van der Waals surface area (Å²) in [6, 6.07) is 27.3. The molecular weight excluding hydrogens is 394 g/mol. The van der Waals surface area contributed by atoms with Crippen molar-refractivity contribution in [2.24, 2.45) is 5.92 Å². The molecule has 0 aromatic heterocycles. The monoisotopic (exact) mass is 427 g/mol. The standard InChI is InChI=1S/C29H33NO2/c1-30(2)20-22-10-14-25(15-11-22)26-16-17-28(31)27(19-26)29(32)18-21-8-12-24(13-9-21)23-6-4-3-5-7-23/h3-15,26-28,31H,16-20H2,1-2H3. The second kappa shape index (κ2) is 10.2. The lowest BCUT2D eigenvalue weighted by Gasteiger charge is -2.33. The summed E-state index contributed by atoms with van der Waals surface area (Å²) in [5.74, 6) is 0.198. The number of benzene rings is 3. The second-order valence-corrected chi connectivity index (χ2v) is 9.37. The summed E-state index contributed by atoms with van der Waals surface area (Å²) < 4.78 is 0. The molecule has 3 atom stereocenters. The van der Waals surface area contributed by atoms with E-state index in [1.54, 1.807) is 0 Å². The van der Waals surface area contributed by atoms with Crippen LogP contribution in [0.5, 0.6) is 0 Å². The van der Waals surface area contributed by atoms with Crippen LogP contribution in [0.4, 0.5) is 0 Å². The van der Waals surface area contributed by atoms with E-state index in [2.05, 4.69) is 67.5 Å². The third-order valence-corrected chi connectivity index (χ3v) is 6.62. The van der Waals surface area contributed by atoms with E-state index in [0.717, 1.165) is 30.5 Å². The Hall–Kier alpha value is -2.75. The Morgan fingerprint density at radius 3 is 2.12 bits per heavy atom. The molecule has 3 heteroatoms. The molecule has 0 amide bonds. The fourth-order valence-corrected chi connectivity index (χ4v) is 4.84. The SMILES string of the molecule is CN(C)Cc1ccc(C2CCC(O)C(C(=O)Cc3ccc(-c4ccccc4)cc3)C2)cc1. The van der Waals surface area contributed by atoms with E-state index in [4.69, 9.17) is 0 Å². The fraction of sp³-hybridized carbons (Fsp3) is 0.345. The third-order valence-electron chi connectivity index (χ3n) is 6.62. The molecule has 1 N–H and O–H groups in total. The Morgan fingerprint density at radius 2 is 1.47 bits per heavy atom. The van der Waals surface area contributed by atoms with Crippen LogP contribution < -0.4 is 0 Å². The number of ketones is 1. The minimum Gasteiger partial charge on any atom is -0.392 e. The topological polar surface area (TPSA) is 40.5 Å². The molecule has 0 radical (unpaired) electrons. The highest BCUT2D eigenvalue weighted by molar-refractivity contribution is 5.84. The van der Waals surface area contributed by atoms with Crippen LogP contribution in [0.2, 0.25) is 0 Å². The van der Waals surface area contributed by atoms with Crippen molar-refractivity contribution in [3.05, 3.63) is 95.6 Å². The summed E-state index contributed by atoms with van der Waals surface area (Å²) in [7, 11) is 4.14. The first kappa shape index (κ1) is 22.4. The van der Waals surface area contributed by atoms with E-state index in [-0.39, 0.29) is 11.7 Å². The van der Waals surface area contributed by atoms with Crippen molar-refractivity contribution < 1.29 is 9.90 Å². The van der Waals surface area contributed by atoms with Crippen LogP contribution in [0.25, 0.3) is 11.1 Å². The lowest BCUT2D eigenvalue weighted by molar-refractivity contribution is -0.127. The van der Waals surface area contributed by atoms with Gasteiger partial charge in [0.2, 0.25) is 0 Å². The Bertz CT molecular complexity index is 1010. The Labute approximate surface area is 191 Å². The molecular formula is C29H33NO2. The van der Waals surface area contributed by atoms with Crippen molar-refractivity contribution in [3.8, 4) is 11.1 Å². The zero-order chi connectivity index (χ0) is 22.5. The van der Waals surface area contributed by atoms with Gasteiger partial charge >= 0.3 is 0 Å². The number of carbonyl (C=O) groups excluding carboxylic acids is 1. The Kier molecular flexibility index (Phi) is 7.19. The zero-order valence-electron chi connectivity index (χ0n) is 19.1. The van der Waals surface area contributed by atoms with Crippen molar-refractivity contribution in [1.29, 1.82) is 0 Å². The molecule has 4 rings (SSSR count). The van der Waals surface area contributed by atoms with Crippen LogP contribution >= 0.6 is 0 Å². The molecule has 0 spiro atoms. The predicted octanol–water partition coefficient (Wildman–Crippen LogP) is 5.47. The van der Waals surface area contributed by atoms with Crippen LogP contribution in [0.1, 0.15) is 41.9 Å². The summed E-state index contributed by atoms with van der Waals surface area (Å²) in [6.45, 7) is 0.924. The average Bonchev–Trinajstić information content (AvgIpc) is 2.80. The molecule has 166 valence electrons. The molecule has 3 aromatic rings. The smallest absolute Gasteiger partial charge is 0.142 e. The summed E-state index contributed by atoms with van der Waals surface area (Å²) in [5.41, 5.74) is 5.91. The van der Waals surface area contributed by atoms with E-state index in [1.165, 1.54) is 16.7 Å². The molecule has 1 fully saturated rings. The summed E-state index contributed by atoms with van der Waals surface area (Å²) >= 11 is 0. The normalized spacial score (nSPS) is 20.9. The van der Waals surface area contributed by atoms with Crippen LogP contribution in [-0.2, 0) is 17.8 Å². The highest BCUT2D eigenvalue weighted by Gasteiger charge is 2.34. The molecule has 1 aliphatic carbocycles. The Balaban J connectivity index is 1.40. The van der Waals surface area contributed by atoms with Gasteiger partial charge < -0.3 is 10.0 Å². The molecule has 0 heterocycles.